The first kappa shape index (κ1) is 22.6. The second-order valence-electron chi connectivity index (χ2n) is 8.99. The number of benzene rings is 1. The SMILES string of the molecule is CCCCC(=O)Nc1cncc(-c2cc3c(-c4cc5c(-c6cccnc6)cccc5[nH]4)n[nH]c3cn2)c1. The Balaban J connectivity index is 1.37. The number of aromatic amines is 2. The van der Waals surface area contributed by atoms with Crippen LogP contribution in [0.2, 0.25) is 0 Å². The van der Waals surface area contributed by atoms with Crippen LogP contribution < -0.4 is 5.32 Å². The number of pyridine rings is 3. The number of fused-ring (bicyclic) bond motifs is 2. The van der Waals surface area contributed by atoms with Gasteiger partial charge in [-0.15, -0.1) is 0 Å². The van der Waals surface area contributed by atoms with Gasteiger partial charge in [0.05, 0.1) is 35.0 Å². The molecule has 0 fully saturated rings. The number of anilines is 1. The van der Waals surface area contributed by atoms with Crippen LogP contribution in [0.3, 0.4) is 0 Å². The second-order valence-corrected chi connectivity index (χ2v) is 8.99. The zero-order valence-corrected chi connectivity index (χ0v) is 20.3. The smallest absolute Gasteiger partial charge is 0.224 e. The molecule has 0 atom stereocenters. The van der Waals surface area contributed by atoms with Gasteiger partial charge < -0.3 is 10.3 Å². The van der Waals surface area contributed by atoms with Crippen LogP contribution in [0.1, 0.15) is 26.2 Å². The molecule has 6 rings (SSSR count). The van der Waals surface area contributed by atoms with Crippen molar-refractivity contribution in [2.45, 2.75) is 26.2 Å². The van der Waals surface area contributed by atoms with Crippen molar-refractivity contribution in [2.75, 3.05) is 5.32 Å². The molecule has 0 bridgehead atoms. The van der Waals surface area contributed by atoms with Gasteiger partial charge in [0.2, 0.25) is 5.91 Å². The Hall–Kier alpha value is -4.85. The Morgan fingerprint density at radius 3 is 2.70 bits per heavy atom. The summed E-state index contributed by atoms with van der Waals surface area (Å²) in [5.74, 6) is -0.00852. The molecule has 8 nitrogen and oxygen atoms in total. The number of nitrogens with zero attached hydrogens (tertiary/aromatic N) is 4. The Kier molecular flexibility index (Phi) is 5.90. The van der Waals surface area contributed by atoms with Crippen LogP contribution in [0.4, 0.5) is 5.69 Å². The summed E-state index contributed by atoms with van der Waals surface area (Å²) in [6, 6.07) is 16.2. The third kappa shape index (κ3) is 4.45. The number of hydrogen-bond donors (Lipinski definition) is 3. The van der Waals surface area contributed by atoms with Crippen LogP contribution in [-0.2, 0) is 4.79 Å². The molecule has 1 aromatic carbocycles. The molecule has 0 spiro atoms. The van der Waals surface area contributed by atoms with Gasteiger partial charge in [0.25, 0.3) is 0 Å². The predicted molar refractivity (Wildman–Crippen MR) is 146 cm³/mol. The number of nitrogens with one attached hydrogen (secondary N) is 3. The summed E-state index contributed by atoms with van der Waals surface area (Å²) in [6.07, 6.45) is 11.2. The van der Waals surface area contributed by atoms with E-state index in [1.807, 2.05) is 30.5 Å². The number of carbonyl (C=O) groups excluding carboxylic acids is 1. The van der Waals surface area contributed by atoms with Crippen molar-refractivity contribution >= 4 is 33.4 Å². The first-order valence-electron chi connectivity index (χ1n) is 12.3. The van der Waals surface area contributed by atoms with Crippen molar-refractivity contribution < 1.29 is 4.79 Å². The van der Waals surface area contributed by atoms with Gasteiger partial charge in [0.15, 0.2) is 0 Å². The quantitative estimate of drug-likeness (QED) is 0.243. The third-order valence-corrected chi connectivity index (χ3v) is 6.41. The van der Waals surface area contributed by atoms with Gasteiger partial charge in [-0.3, -0.25) is 24.8 Å². The van der Waals surface area contributed by atoms with E-state index in [1.165, 1.54) is 0 Å². The molecule has 0 radical (unpaired) electrons. The molecule has 0 aliphatic heterocycles. The number of amides is 1. The average Bonchev–Trinajstić information content (AvgIpc) is 3.56. The summed E-state index contributed by atoms with van der Waals surface area (Å²) in [6.45, 7) is 2.07. The zero-order valence-electron chi connectivity index (χ0n) is 20.3. The normalized spacial score (nSPS) is 11.3. The predicted octanol–water partition coefficient (Wildman–Crippen LogP) is 6.36. The topological polar surface area (TPSA) is 112 Å². The van der Waals surface area contributed by atoms with Gasteiger partial charge in [0.1, 0.15) is 5.69 Å². The Bertz CT molecular complexity index is 1720. The molecule has 5 aromatic heterocycles. The summed E-state index contributed by atoms with van der Waals surface area (Å²) < 4.78 is 0. The molecule has 1 amide bonds. The van der Waals surface area contributed by atoms with E-state index in [2.05, 4.69) is 66.6 Å². The van der Waals surface area contributed by atoms with Crippen LogP contribution in [-0.4, -0.2) is 36.0 Å². The summed E-state index contributed by atoms with van der Waals surface area (Å²) in [7, 11) is 0. The molecule has 0 aliphatic carbocycles. The third-order valence-electron chi connectivity index (χ3n) is 6.41. The highest BCUT2D eigenvalue weighted by Crippen LogP contribution is 2.34. The zero-order chi connectivity index (χ0) is 25.2. The van der Waals surface area contributed by atoms with Gasteiger partial charge in [-0.05, 0) is 42.3 Å². The molecule has 5 heterocycles. The van der Waals surface area contributed by atoms with E-state index in [0.29, 0.717) is 12.1 Å². The monoisotopic (exact) mass is 487 g/mol. The number of carbonyl (C=O) groups is 1. The molecule has 6 aromatic rings. The summed E-state index contributed by atoms with van der Waals surface area (Å²) in [5.41, 5.74) is 7.97. The minimum absolute atomic E-state index is 0.00852. The molecular weight excluding hydrogens is 462 g/mol. The lowest BCUT2D eigenvalue weighted by molar-refractivity contribution is -0.116. The van der Waals surface area contributed by atoms with Crippen molar-refractivity contribution in [3.05, 3.63) is 79.5 Å². The highest BCUT2D eigenvalue weighted by atomic mass is 16.1. The minimum Gasteiger partial charge on any atom is -0.353 e. The van der Waals surface area contributed by atoms with Crippen molar-refractivity contribution in [2.24, 2.45) is 0 Å². The summed E-state index contributed by atoms with van der Waals surface area (Å²) >= 11 is 0. The Labute approximate surface area is 213 Å². The molecule has 0 aliphatic rings. The Morgan fingerprint density at radius 2 is 1.84 bits per heavy atom. The molecule has 0 unspecified atom stereocenters. The maximum absolute atomic E-state index is 12.2. The molecule has 3 N–H and O–H groups in total. The minimum atomic E-state index is -0.00852. The van der Waals surface area contributed by atoms with Gasteiger partial charge in [0, 0.05) is 52.4 Å². The second kappa shape index (κ2) is 9.66. The van der Waals surface area contributed by atoms with Gasteiger partial charge in [-0.2, -0.15) is 5.10 Å². The van der Waals surface area contributed by atoms with Crippen LogP contribution in [0.15, 0.2) is 79.5 Å². The number of H-pyrrole nitrogens is 2. The van der Waals surface area contributed by atoms with Crippen molar-refractivity contribution in [1.29, 1.82) is 0 Å². The maximum atomic E-state index is 12.2. The number of hydrogen-bond acceptors (Lipinski definition) is 5. The van der Waals surface area contributed by atoms with Gasteiger partial charge in [-0.1, -0.05) is 31.5 Å². The highest BCUT2D eigenvalue weighted by molar-refractivity contribution is 6.01. The largest absolute Gasteiger partial charge is 0.353 e. The standard InChI is InChI=1S/C29H25N7O/c1-2-3-9-28(37)33-20-11-19(15-31-16-20)25-13-23-27(17-32-25)35-36-29(23)26-12-22-21(7-4-8-24(22)34-26)18-6-5-10-30-14-18/h4-8,10-17,34H,2-3,9H2,1H3,(H,33,37)(H,35,36). The summed E-state index contributed by atoms with van der Waals surface area (Å²) in [4.78, 5) is 28.9. The highest BCUT2D eigenvalue weighted by Gasteiger charge is 2.15. The van der Waals surface area contributed by atoms with E-state index in [4.69, 9.17) is 0 Å². The summed E-state index contributed by atoms with van der Waals surface area (Å²) in [5, 5.41) is 12.7. The van der Waals surface area contributed by atoms with Crippen LogP contribution >= 0.6 is 0 Å². The van der Waals surface area contributed by atoms with Gasteiger partial charge >= 0.3 is 0 Å². The van der Waals surface area contributed by atoms with E-state index in [1.54, 1.807) is 24.8 Å². The van der Waals surface area contributed by atoms with E-state index in [9.17, 15) is 4.79 Å². The molecule has 0 saturated heterocycles. The van der Waals surface area contributed by atoms with E-state index >= 15 is 0 Å². The van der Waals surface area contributed by atoms with Crippen LogP contribution in [0.25, 0.3) is 55.6 Å². The van der Waals surface area contributed by atoms with Gasteiger partial charge in [-0.25, -0.2) is 0 Å². The lowest BCUT2D eigenvalue weighted by Crippen LogP contribution is -2.11. The molecule has 0 saturated carbocycles. The van der Waals surface area contributed by atoms with Crippen LogP contribution in [0, 0.1) is 0 Å². The molecular formula is C29H25N7O. The molecule has 37 heavy (non-hydrogen) atoms. The number of rotatable bonds is 7. The van der Waals surface area contributed by atoms with E-state index < -0.39 is 0 Å². The number of unbranched alkanes of at least 4 members (excludes halogenated alkanes) is 1. The first-order valence-corrected chi connectivity index (χ1v) is 12.3. The van der Waals surface area contributed by atoms with Crippen molar-refractivity contribution in [3.8, 4) is 33.8 Å². The lowest BCUT2D eigenvalue weighted by atomic mass is 10.0. The van der Waals surface area contributed by atoms with E-state index in [0.717, 1.165) is 68.4 Å². The average molecular weight is 488 g/mol. The van der Waals surface area contributed by atoms with Crippen LogP contribution in [0.5, 0.6) is 0 Å². The molecule has 182 valence electrons. The fourth-order valence-electron chi connectivity index (χ4n) is 4.55. The molecule has 8 heteroatoms. The first-order chi connectivity index (χ1) is 18.2. The van der Waals surface area contributed by atoms with Crippen molar-refractivity contribution in [1.82, 2.24) is 30.1 Å². The van der Waals surface area contributed by atoms with E-state index in [-0.39, 0.29) is 5.91 Å². The Morgan fingerprint density at radius 1 is 0.919 bits per heavy atom. The van der Waals surface area contributed by atoms with Crippen molar-refractivity contribution in [3.63, 3.8) is 0 Å². The fourth-order valence-corrected chi connectivity index (χ4v) is 4.55. The fraction of sp³-hybridized carbons (Fsp3) is 0.138. The lowest BCUT2D eigenvalue weighted by Gasteiger charge is -2.07. The maximum Gasteiger partial charge on any atom is 0.224 e. The number of aromatic nitrogens is 6.